The normalized spacial score (nSPS) is 20.8. The lowest BCUT2D eigenvalue weighted by Crippen LogP contribution is -2.35. The third kappa shape index (κ3) is 5.20. The first-order valence-corrected chi connectivity index (χ1v) is 7.06. The summed E-state index contributed by atoms with van der Waals surface area (Å²) in [6.07, 6.45) is 4.20. The van der Waals surface area contributed by atoms with Crippen molar-refractivity contribution < 1.29 is 9.47 Å². The van der Waals surface area contributed by atoms with Gasteiger partial charge in [0.1, 0.15) is 0 Å². The molecular formula is C11H23NO2S. The van der Waals surface area contributed by atoms with Crippen LogP contribution in [0.5, 0.6) is 0 Å². The summed E-state index contributed by atoms with van der Waals surface area (Å²) in [5.41, 5.74) is 0. The van der Waals surface area contributed by atoms with E-state index in [0.29, 0.717) is 6.04 Å². The molecule has 0 aromatic rings. The molecule has 4 heteroatoms. The zero-order valence-corrected chi connectivity index (χ0v) is 10.9. The van der Waals surface area contributed by atoms with Crippen LogP contribution >= 0.6 is 11.8 Å². The van der Waals surface area contributed by atoms with Crippen LogP contribution in [0.1, 0.15) is 19.8 Å². The van der Waals surface area contributed by atoms with E-state index in [9.17, 15) is 0 Å². The fraction of sp³-hybridized carbons (Fsp3) is 1.00. The Balaban J connectivity index is 2.11. The smallest absolute Gasteiger partial charge is 0.158 e. The molecule has 1 unspecified atom stereocenters. The second kappa shape index (κ2) is 7.49. The van der Waals surface area contributed by atoms with Crippen LogP contribution in [0, 0.1) is 0 Å². The molecule has 0 radical (unpaired) electrons. The summed E-state index contributed by atoms with van der Waals surface area (Å²) in [6, 6.07) is 0.628. The third-order valence-electron chi connectivity index (χ3n) is 2.77. The lowest BCUT2D eigenvalue weighted by atomic mass is 10.3. The highest BCUT2D eigenvalue weighted by Crippen LogP contribution is 2.10. The van der Waals surface area contributed by atoms with Crippen LogP contribution in [0.4, 0.5) is 0 Å². The van der Waals surface area contributed by atoms with E-state index in [2.05, 4.69) is 25.1 Å². The Hall–Kier alpha value is 0.230. The summed E-state index contributed by atoms with van der Waals surface area (Å²) < 4.78 is 11.0. The summed E-state index contributed by atoms with van der Waals surface area (Å²) in [5.74, 6) is 1.18. The second-order valence-corrected chi connectivity index (χ2v) is 5.01. The topological polar surface area (TPSA) is 21.7 Å². The van der Waals surface area contributed by atoms with Crippen LogP contribution in [0.25, 0.3) is 0 Å². The van der Waals surface area contributed by atoms with Gasteiger partial charge in [0, 0.05) is 24.8 Å². The van der Waals surface area contributed by atoms with Crippen LogP contribution in [-0.2, 0) is 9.47 Å². The van der Waals surface area contributed by atoms with E-state index in [1.165, 1.54) is 5.75 Å². The van der Waals surface area contributed by atoms with Crippen molar-refractivity contribution in [3.63, 3.8) is 0 Å². The van der Waals surface area contributed by atoms with Gasteiger partial charge < -0.3 is 14.4 Å². The van der Waals surface area contributed by atoms with Gasteiger partial charge in [-0.2, -0.15) is 11.8 Å². The Bertz CT molecular complexity index is 163. The minimum Gasteiger partial charge on any atom is -0.353 e. The first kappa shape index (κ1) is 13.3. The van der Waals surface area contributed by atoms with Gasteiger partial charge in [0.15, 0.2) is 6.29 Å². The molecular weight excluding hydrogens is 210 g/mol. The Labute approximate surface area is 97.5 Å². The molecule has 1 heterocycles. The van der Waals surface area contributed by atoms with Gasteiger partial charge in [-0.15, -0.1) is 0 Å². The van der Waals surface area contributed by atoms with E-state index < -0.39 is 0 Å². The zero-order chi connectivity index (χ0) is 11.1. The number of hydrogen-bond acceptors (Lipinski definition) is 4. The van der Waals surface area contributed by atoms with Gasteiger partial charge in [-0.05, 0) is 26.6 Å². The fourth-order valence-electron chi connectivity index (χ4n) is 1.60. The van der Waals surface area contributed by atoms with Gasteiger partial charge in [0.25, 0.3) is 0 Å². The van der Waals surface area contributed by atoms with Crippen molar-refractivity contribution >= 4 is 11.8 Å². The molecule has 0 aromatic carbocycles. The van der Waals surface area contributed by atoms with Crippen molar-refractivity contribution in [1.29, 1.82) is 0 Å². The van der Waals surface area contributed by atoms with Gasteiger partial charge in [-0.1, -0.05) is 0 Å². The quantitative estimate of drug-likeness (QED) is 0.697. The van der Waals surface area contributed by atoms with E-state index in [-0.39, 0.29) is 6.29 Å². The first-order valence-electron chi connectivity index (χ1n) is 5.66. The molecule has 1 aliphatic heterocycles. The van der Waals surface area contributed by atoms with E-state index in [1.807, 2.05) is 11.8 Å². The molecule has 0 aromatic heterocycles. The SMILES string of the molecule is CSCC(C)N(C)CCC1OCCCO1. The maximum atomic E-state index is 5.51. The van der Waals surface area contributed by atoms with Crippen molar-refractivity contribution in [3.05, 3.63) is 0 Å². The van der Waals surface area contributed by atoms with Crippen molar-refractivity contribution in [1.82, 2.24) is 4.90 Å². The second-order valence-electron chi connectivity index (χ2n) is 4.10. The maximum absolute atomic E-state index is 5.51. The molecule has 15 heavy (non-hydrogen) atoms. The highest BCUT2D eigenvalue weighted by Gasteiger charge is 2.16. The van der Waals surface area contributed by atoms with Gasteiger partial charge >= 0.3 is 0 Å². The van der Waals surface area contributed by atoms with E-state index in [4.69, 9.17) is 9.47 Å². The van der Waals surface area contributed by atoms with E-state index in [1.54, 1.807) is 0 Å². The van der Waals surface area contributed by atoms with Gasteiger partial charge in [0.05, 0.1) is 13.2 Å². The summed E-state index contributed by atoms with van der Waals surface area (Å²) in [4.78, 5) is 2.37. The molecule has 90 valence electrons. The number of rotatable bonds is 6. The van der Waals surface area contributed by atoms with Crippen LogP contribution in [0.15, 0.2) is 0 Å². The zero-order valence-electron chi connectivity index (χ0n) is 10.1. The molecule has 1 fully saturated rings. The highest BCUT2D eigenvalue weighted by molar-refractivity contribution is 7.98. The fourth-order valence-corrected chi connectivity index (χ4v) is 2.34. The van der Waals surface area contributed by atoms with E-state index in [0.717, 1.165) is 32.6 Å². The van der Waals surface area contributed by atoms with Gasteiger partial charge in [0.2, 0.25) is 0 Å². The predicted molar refractivity (Wildman–Crippen MR) is 65.4 cm³/mol. The molecule has 0 bridgehead atoms. The minimum atomic E-state index is 0.0303. The van der Waals surface area contributed by atoms with Crippen LogP contribution in [0.2, 0.25) is 0 Å². The Morgan fingerprint density at radius 1 is 1.40 bits per heavy atom. The Kier molecular flexibility index (Phi) is 6.64. The lowest BCUT2D eigenvalue weighted by molar-refractivity contribution is -0.182. The summed E-state index contributed by atoms with van der Waals surface area (Å²) in [5, 5.41) is 0. The molecule has 0 amide bonds. The Morgan fingerprint density at radius 3 is 2.67 bits per heavy atom. The molecule has 1 saturated heterocycles. The van der Waals surface area contributed by atoms with Crippen LogP contribution in [0.3, 0.4) is 0 Å². The summed E-state index contributed by atoms with van der Waals surface area (Å²) >= 11 is 1.90. The third-order valence-corrected chi connectivity index (χ3v) is 3.59. The molecule has 3 nitrogen and oxygen atoms in total. The highest BCUT2D eigenvalue weighted by atomic mass is 32.2. The predicted octanol–water partition coefficient (Wildman–Crippen LogP) is 1.82. The van der Waals surface area contributed by atoms with Crippen molar-refractivity contribution in [3.8, 4) is 0 Å². The molecule has 1 aliphatic rings. The largest absolute Gasteiger partial charge is 0.353 e. The van der Waals surface area contributed by atoms with E-state index >= 15 is 0 Å². The maximum Gasteiger partial charge on any atom is 0.158 e. The van der Waals surface area contributed by atoms with Gasteiger partial charge in [-0.25, -0.2) is 0 Å². The molecule has 1 atom stereocenters. The molecule has 0 N–H and O–H groups in total. The van der Waals surface area contributed by atoms with Crippen molar-refractivity contribution in [2.75, 3.05) is 38.8 Å². The molecule has 0 spiro atoms. The summed E-state index contributed by atoms with van der Waals surface area (Å²) in [6.45, 7) is 5.02. The molecule has 0 aliphatic carbocycles. The minimum absolute atomic E-state index is 0.0303. The monoisotopic (exact) mass is 233 g/mol. The Morgan fingerprint density at radius 2 is 2.07 bits per heavy atom. The number of ether oxygens (including phenoxy) is 2. The average molecular weight is 233 g/mol. The molecule has 1 rings (SSSR count). The standard InChI is InChI=1S/C11H23NO2S/c1-10(9-15-3)12(2)6-5-11-13-7-4-8-14-11/h10-11H,4-9H2,1-3H3. The average Bonchev–Trinajstić information content (AvgIpc) is 2.27. The van der Waals surface area contributed by atoms with Crippen molar-refractivity contribution in [2.24, 2.45) is 0 Å². The van der Waals surface area contributed by atoms with Crippen molar-refractivity contribution in [2.45, 2.75) is 32.1 Å². The van der Waals surface area contributed by atoms with Gasteiger partial charge in [-0.3, -0.25) is 0 Å². The number of nitrogens with zero attached hydrogens (tertiary/aromatic N) is 1. The first-order chi connectivity index (χ1) is 7.24. The number of hydrogen-bond donors (Lipinski definition) is 0. The summed E-state index contributed by atoms with van der Waals surface area (Å²) in [7, 11) is 2.17. The van der Waals surface area contributed by atoms with Crippen LogP contribution in [-0.4, -0.2) is 56.0 Å². The molecule has 0 saturated carbocycles. The lowest BCUT2D eigenvalue weighted by Gasteiger charge is -2.28. The van der Waals surface area contributed by atoms with Crippen LogP contribution < -0.4 is 0 Å². The number of thioether (sulfide) groups is 1.